The lowest BCUT2D eigenvalue weighted by atomic mass is 9.96. The van der Waals surface area contributed by atoms with Crippen LogP contribution < -0.4 is 5.32 Å². The lowest BCUT2D eigenvalue weighted by Gasteiger charge is -2.15. The van der Waals surface area contributed by atoms with E-state index >= 15 is 0 Å². The van der Waals surface area contributed by atoms with Crippen molar-refractivity contribution in [3.63, 3.8) is 0 Å². The van der Waals surface area contributed by atoms with Crippen molar-refractivity contribution >= 4 is 0 Å². The zero-order valence-electron chi connectivity index (χ0n) is 11.1. The minimum absolute atomic E-state index is 0.378. The van der Waals surface area contributed by atoms with Gasteiger partial charge in [-0.05, 0) is 13.8 Å². The van der Waals surface area contributed by atoms with Crippen LogP contribution in [-0.4, -0.2) is 22.0 Å². The number of aromatic nitrogens is 3. The monoisotopic (exact) mass is 255 g/mol. The molecule has 1 heterocycles. The Hall–Kier alpha value is -2.19. The molecule has 5 nitrogen and oxygen atoms in total. The Balaban J connectivity index is 2.04. The van der Waals surface area contributed by atoms with Crippen LogP contribution in [0.3, 0.4) is 0 Å². The molecule has 98 valence electrons. The molecule has 0 aliphatic carbocycles. The standard InChI is InChI=1S/C14H17N5/c1-14(2,9-15)10-16-8-12-13(18-19-17-12)11-6-4-3-5-7-11/h3-7,16H,8,10H2,1-2H3,(H,17,18,19). The Morgan fingerprint density at radius 3 is 2.68 bits per heavy atom. The van der Waals surface area contributed by atoms with Crippen LogP contribution in [0, 0.1) is 16.7 Å². The Labute approximate surface area is 112 Å². The number of hydrogen-bond acceptors (Lipinski definition) is 4. The number of H-pyrrole nitrogens is 1. The second-order valence-corrected chi connectivity index (χ2v) is 5.08. The summed E-state index contributed by atoms with van der Waals surface area (Å²) in [5.74, 6) is 0. The largest absolute Gasteiger partial charge is 0.309 e. The van der Waals surface area contributed by atoms with Gasteiger partial charge in [0, 0.05) is 18.7 Å². The van der Waals surface area contributed by atoms with Crippen LogP contribution >= 0.6 is 0 Å². The van der Waals surface area contributed by atoms with Gasteiger partial charge >= 0.3 is 0 Å². The van der Waals surface area contributed by atoms with E-state index in [2.05, 4.69) is 26.8 Å². The molecule has 0 fully saturated rings. The van der Waals surface area contributed by atoms with Gasteiger partial charge in [0.05, 0.1) is 11.5 Å². The molecule has 1 aromatic carbocycles. The molecule has 0 radical (unpaired) electrons. The van der Waals surface area contributed by atoms with Gasteiger partial charge in [0.1, 0.15) is 11.4 Å². The van der Waals surface area contributed by atoms with E-state index in [0.29, 0.717) is 13.1 Å². The van der Waals surface area contributed by atoms with Gasteiger partial charge in [-0.25, -0.2) is 0 Å². The summed E-state index contributed by atoms with van der Waals surface area (Å²) >= 11 is 0. The smallest absolute Gasteiger partial charge is 0.117 e. The van der Waals surface area contributed by atoms with Crippen LogP contribution in [-0.2, 0) is 6.54 Å². The van der Waals surface area contributed by atoms with Crippen molar-refractivity contribution in [3.05, 3.63) is 36.0 Å². The number of hydrogen-bond donors (Lipinski definition) is 2. The number of benzene rings is 1. The summed E-state index contributed by atoms with van der Waals surface area (Å²) in [7, 11) is 0. The maximum absolute atomic E-state index is 8.96. The molecule has 0 aliphatic rings. The van der Waals surface area contributed by atoms with Crippen LogP contribution in [0.4, 0.5) is 0 Å². The summed E-state index contributed by atoms with van der Waals surface area (Å²) in [5.41, 5.74) is 2.37. The highest BCUT2D eigenvalue weighted by molar-refractivity contribution is 5.60. The van der Waals surface area contributed by atoms with Gasteiger partial charge in [-0.2, -0.15) is 20.7 Å². The minimum Gasteiger partial charge on any atom is -0.309 e. The summed E-state index contributed by atoms with van der Waals surface area (Å²) in [6.07, 6.45) is 0. The highest BCUT2D eigenvalue weighted by Gasteiger charge is 2.17. The zero-order chi connectivity index (χ0) is 13.7. The van der Waals surface area contributed by atoms with Crippen molar-refractivity contribution in [1.82, 2.24) is 20.7 Å². The molecule has 2 aromatic rings. The summed E-state index contributed by atoms with van der Waals surface area (Å²) in [6, 6.07) is 12.2. The second-order valence-electron chi connectivity index (χ2n) is 5.08. The van der Waals surface area contributed by atoms with E-state index < -0.39 is 0 Å². The third-order valence-corrected chi connectivity index (χ3v) is 2.83. The van der Waals surface area contributed by atoms with Gasteiger partial charge in [-0.15, -0.1) is 0 Å². The Kier molecular flexibility index (Phi) is 3.93. The van der Waals surface area contributed by atoms with Crippen molar-refractivity contribution in [2.75, 3.05) is 6.54 Å². The SMILES string of the molecule is CC(C)(C#N)CNCc1n[nH]nc1-c1ccccc1. The third-order valence-electron chi connectivity index (χ3n) is 2.83. The Morgan fingerprint density at radius 1 is 1.26 bits per heavy atom. The minimum atomic E-state index is -0.378. The van der Waals surface area contributed by atoms with Crippen LogP contribution in [0.15, 0.2) is 30.3 Å². The predicted octanol–water partition coefficient (Wildman–Crippen LogP) is 2.11. The first-order chi connectivity index (χ1) is 9.12. The maximum Gasteiger partial charge on any atom is 0.117 e. The van der Waals surface area contributed by atoms with E-state index in [1.807, 2.05) is 44.2 Å². The fourth-order valence-corrected chi connectivity index (χ4v) is 1.74. The molecule has 0 atom stereocenters. The molecule has 0 amide bonds. The maximum atomic E-state index is 8.96. The molecule has 2 rings (SSSR count). The zero-order valence-corrected chi connectivity index (χ0v) is 11.1. The Morgan fingerprint density at radius 2 is 2.00 bits per heavy atom. The summed E-state index contributed by atoms with van der Waals surface area (Å²) < 4.78 is 0. The lowest BCUT2D eigenvalue weighted by molar-refractivity contribution is 0.443. The van der Waals surface area contributed by atoms with Crippen molar-refractivity contribution in [1.29, 1.82) is 5.26 Å². The molecule has 1 aromatic heterocycles. The number of nitrogens with one attached hydrogen (secondary N) is 2. The van der Waals surface area contributed by atoms with Crippen molar-refractivity contribution in [2.45, 2.75) is 20.4 Å². The van der Waals surface area contributed by atoms with Gasteiger partial charge in [-0.1, -0.05) is 30.3 Å². The molecule has 0 unspecified atom stereocenters. The van der Waals surface area contributed by atoms with Crippen molar-refractivity contribution in [3.8, 4) is 17.3 Å². The highest BCUT2D eigenvalue weighted by atomic mass is 15.3. The molecule has 5 heteroatoms. The van der Waals surface area contributed by atoms with Crippen LogP contribution in [0.1, 0.15) is 19.5 Å². The number of nitriles is 1. The summed E-state index contributed by atoms with van der Waals surface area (Å²) in [4.78, 5) is 0. The van der Waals surface area contributed by atoms with Gasteiger partial charge in [-0.3, -0.25) is 0 Å². The first-order valence-electron chi connectivity index (χ1n) is 6.19. The van der Waals surface area contributed by atoms with E-state index in [1.165, 1.54) is 0 Å². The number of nitrogens with zero attached hydrogens (tertiary/aromatic N) is 3. The molecule has 0 saturated carbocycles. The molecule has 0 aliphatic heterocycles. The van der Waals surface area contributed by atoms with E-state index in [9.17, 15) is 0 Å². The van der Waals surface area contributed by atoms with E-state index in [0.717, 1.165) is 17.0 Å². The molecule has 0 saturated heterocycles. The van der Waals surface area contributed by atoms with Crippen LogP contribution in [0.5, 0.6) is 0 Å². The third kappa shape index (κ3) is 3.39. The van der Waals surface area contributed by atoms with E-state index in [1.54, 1.807) is 0 Å². The quantitative estimate of drug-likeness (QED) is 0.857. The molecule has 0 spiro atoms. The average molecular weight is 255 g/mol. The fourth-order valence-electron chi connectivity index (χ4n) is 1.74. The Bertz CT molecular complexity index is 565. The molecule has 0 bridgehead atoms. The molecule has 19 heavy (non-hydrogen) atoms. The van der Waals surface area contributed by atoms with E-state index in [-0.39, 0.29) is 5.41 Å². The van der Waals surface area contributed by atoms with Gasteiger partial charge < -0.3 is 5.32 Å². The van der Waals surface area contributed by atoms with Crippen molar-refractivity contribution < 1.29 is 0 Å². The first kappa shape index (κ1) is 13.2. The number of aromatic amines is 1. The lowest BCUT2D eigenvalue weighted by Crippen LogP contribution is -2.28. The van der Waals surface area contributed by atoms with Crippen molar-refractivity contribution in [2.24, 2.45) is 5.41 Å². The van der Waals surface area contributed by atoms with Crippen LogP contribution in [0.2, 0.25) is 0 Å². The molecular weight excluding hydrogens is 238 g/mol. The average Bonchev–Trinajstić information content (AvgIpc) is 2.88. The highest BCUT2D eigenvalue weighted by Crippen LogP contribution is 2.19. The normalized spacial score (nSPS) is 11.2. The number of rotatable bonds is 5. The molecule has 2 N–H and O–H groups in total. The summed E-state index contributed by atoms with van der Waals surface area (Å²) in [5, 5.41) is 23.2. The topological polar surface area (TPSA) is 77.4 Å². The van der Waals surface area contributed by atoms with Gasteiger partial charge in [0.15, 0.2) is 0 Å². The summed E-state index contributed by atoms with van der Waals surface area (Å²) in [6.45, 7) is 5.01. The van der Waals surface area contributed by atoms with Gasteiger partial charge in [0.2, 0.25) is 0 Å². The predicted molar refractivity (Wildman–Crippen MR) is 72.9 cm³/mol. The van der Waals surface area contributed by atoms with Gasteiger partial charge in [0.25, 0.3) is 0 Å². The second kappa shape index (κ2) is 5.63. The first-order valence-corrected chi connectivity index (χ1v) is 6.19. The van der Waals surface area contributed by atoms with E-state index in [4.69, 9.17) is 5.26 Å². The molecular formula is C14H17N5. The van der Waals surface area contributed by atoms with Crippen LogP contribution in [0.25, 0.3) is 11.3 Å². The fraction of sp³-hybridized carbons (Fsp3) is 0.357.